The summed E-state index contributed by atoms with van der Waals surface area (Å²) in [4.78, 5) is 26.3. The molecule has 1 aliphatic rings. The van der Waals surface area contributed by atoms with E-state index in [4.69, 9.17) is 5.14 Å². The number of hydrogen-bond acceptors (Lipinski definition) is 6. The van der Waals surface area contributed by atoms with Crippen LogP contribution in [-0.4, -0.2) is 20.0 Å². The standard InChI is InChI=1S/C22H15F2N3O4S/c23-14-8-13(9-15(24)11-14)21(29)19(22-26-17-6-1-2-7-18(17)27-22)20(28)12-4-3-5-16(10-12)32(25,30)31/h1-11,26-27H,(H2,25,30,31). The predicted octanol–water partition coefficient (Wildman–Crippen LogP) is 3.43. The third-order valence-corrected chi connectivity index (χ3v) is 5.61. The minimum Gasteiger partial charge on any atom is -0.339 e. The van der Waals surface area contributed by atoms with E-state index < -0.39 is 38.8 Å². The Morgan fingerprint density at radius 3 is 1.88 bits per heavy atom. The molecule has 0 amide bonds. The molecule has 0 unspecified atom stereocenters. The lowest BCUT2D eigenvalue weighted by molar-refractivity contribution is 0.0960. The van der Waals surface area contributed by atoms with Gasteiger partial charge in [-0.1, -0.05) is 24.3 Å². The van der Waals surface area contributed by atoms with E-state index in [1.807, 2.05) is 0 Å². The lowest BCUT2D eigenvalue weighted by Crippen LogP contribution is -2.21. The minimum absolute atomic E-state index is 0.00752. The highest BCUT2D eigenvalue weighted by molar-refractivity contribution is 7.89. The number of fused-ring (bicyclic) bond motifs is 1. The molecule has 0 bridgehead atoms. The van der Waals surface area contributed by atoms with Crippen molar-refractivity contribution >= 4 is 33.0 Å². The number of Topliss-reactive ketones (excluding diaryl/α,β-unsaturated/α-hetero) is 2. The SMILES string of the molecule is NS(=O)(=O)c1cccc(C(=O)C(C(=O)c2cc(F)cc(F)c2)=C2Nc3ccccc3N2)c1. The third kappa shape index (κ3) is 4.13. The number of benzene rings is 3. The van der Waals surface area contributed by atoms with Crippen LogP contribution in [0.3, 0.4) is 0 Å². The van der Waals surface area contributed by atoms with Gasteiger partial charge in [0.2, 0.25) is 21.6 Å². The molecular weight excluding hydrogens is 440 g/mol. The highest BCUT2D eigenvalue weighted by Crippen LogP contribution is 2.33. The zero-order chi connectivity index (χ0) is 23.0. The molecule has 0 aliphatic carbocycles. The second-order valence-corrected chi connectivity index (χ2v) is 8.50. The molecule has 10 heteroatoms. The van der Waals surface area contributed by atoms with Gasteiger partial charge in [-0.2, -0.15) is 0 Å². The minimum atomic E-state index is -4.11. The molecule has 0 aromatic heterocycles. The first kappa shape index (κ1) is 21.3. The normalized spacial score (nSPS) is 12.5. The van der Waals surface area contributed by atoms with Gasteiger partial charge >= 0.3 is 0 Å². The number of carbonyl (C=O) groups excluding carboxylic acids is 2. The molecule has 1 heterocycles. The van der Waals surface area contributed by atoms with E-state index in [1.165, 1.54) is 18.2 Å². The molecule has 0 saturated heterocycles. The largest absolute Gasteiger partial charge is 0.339 e. The lowest BCUT2D eigenvalue weighted by Gasteiger charge is -2.12. The first-order chi connectivity index (χ1) is 15.1. The van der Waals surface area contributed by atoms with Crippen LogP contribution in [0.25, 0.3) is 0 Å². The second kappa shape index (κ2) is 7.98. The van der Waals surface area contributed by atoms with Crippen molar-refractivity contribution in [1.29, 1.82) is 0 Å². The van der Waals surface area contributed by atoms with Crippen molar-refractivity contribution < 1.29 is 26.8 Å². The van der Waals surface area contributed by atoms with E-state index in [2.05, 4.69) is 10.6 Å². The van der Waals surface area contributed by atoms with Gasteiger partial charge in [-0.15, -0.1) is 0 Å². The van der Waals surface area contributed by atoms with Crippen LogP contribution in [0.15, 0.2) is 83.0 Å². The maximum Gasteiger partial charge on any atom is 0.238 e. The van der Waals surface area contributed by atoms with E-state index in [0.29, 0.717) is 17.4 Å². The molecule has 162 valence electrons. The van der Waals surface area contributed by atoms with Crippen LogP contribution in [0.1, 0.15) is 20.7 Å². The van der Waals surface area contributed by atoms with Crippen molar-refractivity contribution in [2.75, 3.05) is 10.6 Å². The molecule has 3 aromatic carbocycles. The number of ketones is 2. The van der Waals surface area contributed by atoms with Gasteiger partial charge in [-0.3, -0.25) is 9.59 Å². The zero-order valence-corrected chi connectivity index (χ0v) is 17.0. The lowest BCUT2D eigenvalue weighted by atomic mass is 9.95. The summed E-state index contributed by atoms with van der Waals surface area (Å²) in [6, 6.07) is 13.9. The number of para-hydroxylation sites is 2. The monoisotopic (exact) mass is 455 g/mol. The zero-order valence-electron chi connectivity index (χ0n) is 16.2. The molecular formula is C22H15F2N3O4S. The van der Waals surface area contributed by atoms with E-state index in [1.54, 1.807) is 24.3 Å². The van der Waals surface area contributed by atoms with Crippen molar-refractivity contribution in [1.82, 2.24) is 0 Å². The molecule has 0 spiro atoms. The van der Waals surface area contributed by atoms with E-state index in [0.717, 1.165) is 18.2 Å². The maximum absolute atomic E-state index is 13.7. The Morgan fingerprint density at radius 1 is 0.750 bits per heavy atom. The number of primary sulfonamides is 1. The van der Waals surface area contributed by atoms with Gasteiger partial charge < -0.3 is 10.6 Å². The van der Waals surface area contributed by atoms with E-state index >= 15 is 0 Å². The molecule has 0 saturated carbocycles. The fourth-order valence-electron chi connectivity index (χ4n) is 3.24. The van der Waals surface area contributed by atoms with Gasteiger partial charge in [0, 0.05) is 17.2 Å². The average Bonchev–Trinajstić information content (AvgIpc) is 3.16. The van der Waals surface area contributed by atoms with Crippen molar-refractivity contribution in [3.05, 3.63) is 101 Å². The van der Waals surface area contributed by atoms with Crippen LogP contribution in [0.4, 0.5) is 20.2 Å². The summed E-state index contributed by atoms with van der Waals surface area (Å²) < 4.78 is 50.9. The number of halogens is 2. The Labute approximate surface area is 181 Å². The number of sulfonamides is 1. The average molecular weight is 455 g/mol. The number of nitrogens with two attached hydrogens (primary N) is 1. The van der Waals surface area contributed by atoms with Gasteiger partial charge in [0.1, 0.15) is 23.0 Å². The molecule has 4 rings (SSSR count). The van der Waals surface area contributed by atoms with E-state index in [9.17, 15) is 26.8 Å². The van der Waals surface area contributed by atoms with Crippen molar-refractivity contribution in [3.8, 4) is 0 Å². The van der Waals surface area contributed by atoms with Crippen LogP contribution < -0.4 is 15.8 Å². The number of hydrogen-bond donors (Lipinski definition) is 3. The first-order valence-corrected chi connectivity index (χ1v) is 10.7. The first-order valence-electron chi connectivity index (χ1n) is 9.19. The summed E-state index contributed by atoms with van der Waals surface area (Å²) >= 11 is 0. The number of rotatable bonds is 5. The molecule has 7 nitrogen and oxygen atoms in total. The smallest absolute Gasteiger partial charge is 0.238 e. The second-order valence-electron chi connectivity index (χ2n) is 6.93. The Kier molecular flexibility index (Phi) is 5.33. The molecule has 0 radical (unpaired) electrons. The Hall–Kier alpha value is -3.89. The van der Waals surface area contributed by atoms with Crippen LogP contribution in [0, 0.1) is 11.6 Å². The fraction of sp³-hybridized carbons (Fsp3) is 0. The van der Waals surface area contributed by atoms with Crippen LogP contribution in [-0.2, 0) is 10.0 Å². The Morgan fingerprint density at radius 2 is 1.31 bits per heavy atom. The topological polar surface area (TPSA) is 118 Å². The molecule has 0 fully saturated rings. The van der Waals surface area contributed by atoms with Gasteiger partial charge in [0.25, 0.3) is 0 Å². The highest BCUT2D eigenvalue weighted by Gasteiger charge is 2.30. The molecule has 32 heavy (non-hydrogen) atoms. The van der Waals surface area contributed by atoms with E-state index in [-0.39, 0.29) is 21.8 Å². The van der Waals surface area contributed by atoms with Crippen molar-refractivity contribution in [2.45, 2.75) is 4.90 Å². The number of nitrogens with one attached hydrogen (secondary N) is 2. The summed E-state index contributed by atoms with van der Waals surface area (Å²) in [5.41, 5.74) is 0.149. The maximum atomic E-state index is 13.7. The van der Waals surface area contributed by atoms with Crippen molar-refractivity contribution in [2.24, 2.45) is 5.14 Å². The highest BCUT2D eigenvalue weighted by atomic mass is 32.2. The molecule has 1 aliphatic heterocycles. The summed E-state index contributed by atoms with van der Waals surface area (Å²) in [6.45, 7) is 0. The third-order valence-electron chi connectivity index (χ3n) is 4.70. The van der Waals surface area contributed by atoms with Crippen LogP contribution in [0.5, 0.6) is 0 Å². The number of carbonyl (C=O) groups is 2. The molecule has 0 atom stereocenters. The number of anilines is 2. The summed E-state index contributed by atoms with van der Waals surface area (Å²) in [7, 11) is -4.11. The predicted molar refractivity (Wildman–Crippen MR) is 114 cm³/mol. The van der Waals surface area contributed by atoms with Gasteiger partial charge in [-0.05, 0) is 36.4 Å². The summed E-state index contributed by atoms with van der Waals surface area (Å²) in [5, 5.41) is 11.0. The van der Waals surface area contributed by atoms with Gasteiger partial charge in [0.05, 0.1) is 16.3 Å². The Bertz CT molecular complexity index is 1370. The summed E-state index contributed by atoms with van der Waals surface area (Å²) in [6.07, 6.45) is 0. The fourth-order valence-corrected chi connectivity index (χ4v) is 3.80. The van der Waals surface area contributed by atoms with Crippen LogP contribution in [0.2, 0.25) is 0 Å². The molecule has 4 N–H and O–H groups in total. The van der Waals surface area contributed by atoms with Crippen molar-refractivity contribution in [3.63, 3.8) is 0 Å². The molecule has 3 aromatic rings. The quantitative estimate of drug-likeness (QED) is 0.235. The number of allylic oxidation sites excluding steroid dienone is 1. The van der Waals surface area contributed by atoms with Gasteiger partial charge in [0.15, 0.2) is 0 Å². The Balaban J connectivity index is 1.86. The summed E-state index contributed by atoms with van der Waals surface area (Å²) in [5.74, 6) is -3.81. The van der Waals surface area contributed by atoms with Crippen LogP contribution >= 0.6 is 0 Å². The van der Waals surface area contributed by atoms with Gasteiger partial charge in [-0.25, -0.2) is 22.3 Å².